The lowest BCUT2D eigenvalue weighted by Crippen LogP contribution is -2.52. The fourth-order valence-corrected chi connectivity index (χ4v) is 3.45. The smallest absolute Gasteiger partial charge is 0.231 e. The molecule has 0 unspecified atom stereocenters. The molecule has 3 aromatic rings. The van der Waals surface area contributed by atoms with E-state index in [0.717, 1.165) is 34.3 Å². The molecule has 0 aliphatic carbocycles. The molecule has 1 amide bonds. The van der Waals surface area contributed by atoms with Crippen molar-refractivity contribution >= 4 is 29.0 Å². The van der Waals surface area contributed by atoms with E-state index in [-0.39, 0.29) is 11.8 Å². The van der Waals surface area contributed by atoms with Gasteiger partial charge in [0.1, 0.15) is 12.1 Å². The molecule has 1 aliphatic rings. The molecule has 1 aromatic carbocycles. The van der Waals surface area contributed by atoms with Crippen molar-refractivity contribution in [2.24, 2.45) is 5.92 Å². The van der Waals surface area contributed by atoms with Gasteiger partial charge in [-0.05, 0) is 44.5 Å². The number of benzene rings is 1. The summed E-state index contributed by atoms with van der Waals surface area (Å²) in [5, 5.41) is 8.04. The summed E-state index contributed by atoms with van der Waals surface area (Å²) in [6, 6.07) is 9.38. The van der Waals surface area contributed by atoms with E-state index in [2.05, 4.69) is 25.3 Å². The van der Waals surface area contributed by atoms with Crippen LogP contribution in [0.3, 0.4) is 0 Å². The monoisotopic (exact) mass is 396 g/mol. The number of aromatic nitrogens is 4. The van der Waals surface area contributed by atoms with Crippen LogP contribution < -0.4 is 10.2 Å². The number of hydrogen-bond acceptors (Lipinski definition) is 5. The van der Waals surface area contributed by atoms with Crippen molar-refractivity contribution in [1.29, 1.82) is 0 Å². The maximum Gasteiger partial charge on any atom is 0.231 e. The Balaban J connectivity index is 1.42. The van der Waals surface area contributed by atoms with E-state index < -0.39 is 0 Å². The topological polar surface area (TPSA) is 75.9 Å². The Morgan fingerprint density at radius 1 is 1.11 bits per heavy atom. The van der Waals surface area contributed by atoms with E-state index in [9.17, 15) is 4.79 Å². The minimum absolute atomic E-state index is 0.00515. The number of amides is 1. The van der Waals surface area contributed by atoms with Crippen LogP contribution in [0, 0.1) is 26.7 Å². The lowest BCUT2D eigenvalue weighted by Gasteiger charge is -2.39. The molecule has 0 saturated carbocycles. The highest BCUT2D eigenvalue weighted by Crippen LogP contribution is 2.26. The van der Waals surface area contributed by atoms with Crippen LogP contribution >= 0.6 is 11.6 Å². The zero-order valence-corrected chi connectivity index (χ0v) is 16.7. The zero-order chi connectivity index (χ0) is 19.8. The van der Waals surface area contributed by atoms with Crippen LogP contribution in [-0.2, 0) is 4.79 Å². The highest BCUT2D eigenvalue weighted by atomic mass is 35.5. The predicted octanol–water partition coefficient (Wildman–Crippen LogP) is 3.32. The Kier molecular flexibility index (Phi) is 4.77. The Hall–Kier alpha value is -2.93. The summed E-state index contributed by atoms with van der Waals surface area (Å²) in [6.45, 7) is 7.11. The minimum Gasteiger partial charge on any atom is -0.355 e. The minimum atomic E-state index is -0.0921. The van der Waals surface area contributed by atoms with Crippen LogP contribution in [0.4, 0.5) is 11.5 Å². The van der Waals surface area contributed by atoms with Crippen LogP contribution in [-0.4, -0.2) is 38.7 Å². The quantitative estimate of drug-likeness (QED) is 0.732. The number of hydrogen-bond donors (Lipinski definition) is 1. The van der Waals surface area contributed by atoms with Gasteiger partial charge in [-0.2, -0.15) is 5.10 Å². The summed E-state index contributed by atoms with van der Waals surface area (Å²) in [5.74, 6) is 1.42. The Morgan fingerprint density at radius 2 is 1.86 bits per heavy atom. The van der Waals surface area contributed by atoms with E-state index in [1.807, 2.05) is 45.0 Å². The molecule has 1 saturated heterocycles. The van der Waals surface area contributed by atoms with Gasteiger partial charge in [0, 0.05) is 35.6 Å². The molecule has 1 N–H and O–H groups in total. The van der Waals surface area contributed by atoms with Crippen molar-refractivity contribution < 1.29 is 4.79 Å². The summed E-state index contributed by atoms with van der Waals surface area (Å²) >= 11 is 6.03. The fraction of sp³-hybridized carbons (Fsp3) is 0.300. The van der Waals surface area contributed by atoms with Gasteiger partial charge in [0.2, 0.25) is 5.91 Å². The van der Waals surface area contributed by atoms with E-state index in [4.69, 9.17) is 11.6 Å². The molecule has 0 radical (unpaired) electrons. The lowest BCUT2D eigenvalue weighted by molar-refractivity contribution is -0.120. The van der Waals surface area contributed by atoms with Crippen molar-refractivity contribution in [3.8, 4) is 5.82 Å². The van der Waals surface area contributed by atoms with Crippen molar-refractivity contribution in [3.05, 3.63) is 58.6 Å². The second-order valence-corrected chi connectivity index (χ2v) is 7.56. The van der Waals surface area contributed by atoms with Gasteiger partial charge < -0.3 is 10.2 Å². The van der Waals surface area contributed by atoms with Crippen LogP contribution in [0.2, 0.25) is 5.02 Å². The zero-order valence-electron chi connectivity index (χ0n) is 16.0. The molecule has 144 valence electrons. The number of carbonyl (C=O) groups is 1. The lowest BCUT2D eigenvalue weighted by atomic mass is 9.99. The van der Waals surface area contributed by atoms with Crippen molar-refractivity contribution in [2.45, 2.75) is 20.8 Å². The molecular weight excluding hydrogens is 376 g/mol. The first-order valence-corrected chi connectivity index (χ1v) is 9.46. The first-order valence-electron chi connectivity index (χ1n) is 9.08. The average molecular weight is 397 g/mol. The standard InChI is InChI=1S/C20H21ClN6O/c1-12-4-5-16(21)7-17(12)24-20(28)15-9-26(10-15)18-8-19(23-11-22-18)27-14(3)6-13(2)25-27/h4-8,11,15H,9-10H2,1-3H3,(H,24,28). The normalized spacial score (nSPS) is 14.1. The number of anilines is 2. The molecule has 8 heteroatoms. The van der Waals surface area contributed by atoms with E-state index >= 15 is 0 Å². The van der Waals surface area contributed by atoms with Crippen LogP contribution in [0.15, 0.2) is 36.7 Å². The third-order valence-corrected chi connectivity index (χ3v) is 5.13. The molecule has 28 heavy (non-hydrogen) atoms. The summed E-state index contributed by atoms with van der Waals surface area (Å²) in [5.41, 5.74) is 3.69. The second-order valence-electron chi connectivity index (χ2n) is 7.12. The molecule has 0 bridgehead atoms. The third kappa shape index (κ3) is 3.57. The van der Waals surface area contributed by atoms with Crippen LogP contribution in [0.25, 0.3) is 5.82 Å². The molecular formula is C20H21ClN6O. The van der Waals surface area contributed by atoms with E-state index in [1.54, 1.807) is 10.7 Å². The molecule has 4 rings (SSSR count). The van der Waals surface area contributed by atoms with Gasteiger partial charge in [0.15, 0.2) is 5.82 Å². The van der Waals surface area contributed by atoms with Gasteiger partial charge in [-0.25, -0.2) is 14.6 Å². The maximum absolute atomic E-state index is 12.5. The summed E-state index contributed by atoms with van der Waals surface area (Å²) in [6.07, 6.45) is 1.53. The fourth-order valence-electron chi connectivity index (χ4n) is 3.28. The molecule has 0 spiro atoms. The van der Waals surface area contributed by atoms with Gasteiger partial charge in [-0.3, -0.25) is 4.79 Å². The summed E-state index contributed by atoms with van der Waals surface area (Å²) < 4.78 is 1.80. The SMILES string of the molecule is Cc1cc(C)n(-c2cc(N3CC(C(=O)Nc4cc(Cl)ccc4C)C3)ncn2)n1. The molecule has 1 fully saturated rings. The third-order valence-electron chi connectivity index (χ3n) is 4.90. The van der Waals surface area contributed by atoms with Crippen LogP contribution in [0.1, 0.15) is 17.0 Å². The number of carbonyl (C=O) groups excluding carboxylic acids is 1. The number of nitrogens with one attached hydrogen (secondary N) is 1. The molecule has 7 nitrogen and oxygen atoms in total. The Morgan fingerprint density at radius 3 is 2.57 bits per heavy atom. The van der Waals surface area contributed by atoms with E-state index in [1.165, 1.54) is 6.33 Å². The second kappa shape index (κ2) is 7.24. The van der Waals surface area contributed by atoms with Crippen molar-refractivity contribution in [2.75, 3.05) is 23.3 Å². The predicted molar refractivity (Wildman–Crippen MR) is 109 cm³/mol. The highest BCUT2D eigenvalue weighted by molar-refractivity contribution is 6.31. The number of aryl methyl sites for hydroxylation is 3. The average Bonchev–Trinajstić information content (AvgIpc) is 2.95. The highest BCUT2D eigenvalue weighted by Gasteiger charge is 2.34. The Labute approximate surface area is 168 Å². The summed E-state index contributed by atoms with van der Waals surface area (Å²) in [7, 11) is 0. The van der Waals surface area contributed by atoms with Gasteiger partial charge in [0.25, 0.3) is 0 Å². The molecule has 1 aliphatic heterocycles. The maximum atomic E-state index is 12.5. The van der Waals surface area contributed by atoms with Gasteiger partial charge >= 0.3 is 0 Å². The first-order chi connectivity index (χ1) is 13.4. The largest absolute Gasteiger partial charge is 0.355 e. The van der Waals surface area contributed by atoms with Crippen molar-refractivity contribution in [3.63, 3.8) is 0 Å². The number of rotatable bonds is 4. The number of nitrogens with zero attached hydrogens (tertiary/aromatic N) is 5. The van der Waals surface area contributed by atoms with Crippen LogP contribution in [0.5, 0.6) is 0 Å². The van der Waals surface area contributed by atoms with Gasteiger partial charge in [0.05, 0.1) is 11.6 Å². The van der Waals surface area contributed by atoms with Crippen molar-refractivity contribution in [1.82, 2.24) is 19.7 Å². The molecule has 0 atom stereocenters. The van der Waals surface area contributed by atoms with E-state index in [0.29, 0.717) is 18.1 Å². The molecule has 2 aromatic heterocycles. The Bertz CT molecular complexity index is 1040. The first kappa shape index (κ1) is 18.4. The van der Waals surface area contributed by atoms with Gasteiger partial charge in [-0.1, -0.05) is 17.7 Å². The van der Waals surface area contributed by atoms with Gasteiger partial charge in [-0.15, -0.1) is 0 Å². The number of halogens is 1. The summed E-state index contributed by atoms with van der Waals surface area (Å²) in [4.78, 5) is 23.3. The molecule has 3 heterocycles.